The molecule has 0 amide bonds. The number of aromatic nitrogens is 3. The number of anilines is 1. The molecule has 248 valence electrons. The first kappa shape index (κ1) is 30.8. The Labute approximate surface area is 277 Å². The molecule has 0 aliphatic carbocycles. The summed E-state index contributed by atoms with van der Waals surface area (Å²) in [4.78, 5) is 28.3. The standard InChI is InChI=1S/C37H30F3N5O4/c1-3-25-28(40)8-5-20-11-24(46)13-27(30(20)25)33-19(2)32-31(35(47)49-33)34(42-16-21-15-41-29-12-22(38)6-7-26(21)29)44-36(43-32)48-18-37-9-4-10-45(37)17-23(39)14-37/h1,5-8,11-13,15,23,41,46H,4,9-10,14,16-18H2,2H3,(H,42,43,44)/t23-,37+/m1/s1. The molecule has 8 rings (SSSR count). The Balaban J connectivity index is 1.27. The van der Waals surface area contributed by atoms with Gasteiger partial charge in [0.15, 0.2) is 0 Å². The van der Waals surface area contributed by atoms with E-state index in [9.17, 15) is 23.1 Å². The van der Waals surface area contributed by atoms with Gasteiger partial charge in [-0.25, -0.2) is 18.0 Å². The van der Waals surface area contributed by atoms with Gasteiger partial charge in [-0.05, 0) is 73.7 Å². The van der Waals surface area contributed by atoms with Crippen molar-refractivity contribution in [1.82, 2.24) is 19.9 Å². The lowest BCUT2D eigenvalue weighted by Crippen LogP contribution is -2.43. The summed E-state index contributed by atoms with van der Waals surface area (Å²) in [6.45, 7) is 3.17. The number of benzene rings is 3. The molecule has 6 aromatic rings. The first-order valence-electron chi connectivity index (χ1n) is 15.9. The van der Waals surface area contributed by atoms with Crippen LogP contribution in [0, 0.1) is 30.9 Å². The van der Waals surface area contributed by atoms with Crippen molar-refractivity contribution in [3.8, 4) is 35.4 Å². The molecule has 0 radical (unpaired) electrons. The lowest BCUT2D eigenvalue weighted by molar-refractivity contribution is 0.107. The maximum absolute atomic E-state index is 14.9. The molecule has 49 heavy (non-hydrogen) atoms. The number of phenols is 1. The van der Waals surface area contributed by atoms with Gasteiger partial charge in [0.2, 0.25) is 0 Å². The number of aryl methyl sites for hydroxylation is 1. The summed E-state index contributed by atoms with van der Waals surface area (Å²) in [5, 5.41) is 15.4. The quantitative estimate of drug-likeness (QED) is 0.161. The van der Waals surface area contributed by atoms with Crippen molar-refractivity contribution >= 4 is 38.4 Å². The number of phenolic OH excluding ortho intramolecular Hbond substituents is 1. The van der Waals surface area contributed by atoms with E-state index in [0.717, 1.165) is 30.3 Å². The van der Waals surface area contributed by atoms with Crippen LogP contribution in [-0.2, 0) is 6.54 Å². The fourth-order valence-corrected chi connectivity index (χ4v) is 7.56. The van der Waals surface area contributed by atoms with Gasteiger partial charge in [0, 0.05) is 53.1 Å². The van der Waals surface area contributed by atoms with Gasteiger partial charge in [0.1, 0.15) is 47.1 Å². The molecular formula is C37H30F3N5O4. The molecule has 3 N–H and O–H groups in total. The first-order valence-corrected chi connectivity index (χ1v) is 15.9. The summed E-state index contributed by atoms with van der Waals surface area (Å²) in [7, 11) is 0. The minimum absolute atomic E-state index is 0.0321. The third-order valence-corrected chi connectivity index (χ3v) is 9.83. The average molecular weight is 666 g/mol. The minimum Gasteiger partial charge on any atom is -0.508 e. The van der Waals surface area contributed by atoms with Gasteiger partial charge in [0.05, 0.1) is 16.6 Å². The van der Waals surface area contributed by atoms with Crippen LogP contribution in [0.2, 0.25) is 0 Å². The zero-order chi connectivity index (χ0) is 34.0. The van der Waals surface area contributed by atoms with Crippen molar-refractivity contribution in [1.29, 1.82) is 0 Å². The number of H-pyrrole nitrogens is 1. The van der Waals surface area contributed by atoms with Gasteiger partial charge in [-0.15, -0.1) is 6.42 Å². The fourth-order valence-electron chi connectivity index (χ4n) is 7.56. The topological polar surface area (TPSA) is 117 Å². The predicted molar refractivity (Wildman–Crippen MR) is 179 cm³/mol. The number of aromatic hydroxyl groups is 1. The molecule has 5 heterocycles. The molecule has 0 bridgehead atoms. The molecule has 2 aliphatic heterocycles. The average Bonchev–Trinajstić information content (AvgIpc) is 3.75. The summed E-state index contributed by atoms with van der Waals surface area (Å²) in [6.07, 6.45) is 8.54. The second-order valence-corrected chi connectivity index (χ2v) is 12.8. The Morgan fingerprint density at radius 3 is 2.90 bits per heavy atom. The molecule has 0 unspecified atom stereocenters. The predicted octanol–water partition coefficient (Wildman–Crippen LogP) is 6.73. The van der Waals surface area contributed by atoms with Crippen molar-refractivity contribution in [2.24, 2.45) is 0 Å². The highest BCUT2D eigenvalue weighted by atomic mass is 19.1. The molecular weight excluding hydrogens is 635 g/mol. The van der Waals surface area contributed by atoms with Crippen LogP contribution in [0.15, 0.2) is 57.9 Å². The highest BCUT2D eigenvalue weighted by Gasteiger charge is 2.49. The van der Waals surface area contributed by atoms with Crippen molar-refractivity contribution in [2.75, 3.05) is 25.0 Å². The molecule has 3 aromatic carbocycles. The van der Waals surface area contributed by atoms with Crippen LogP contribution in [0.5, 0.6) is 11.8 Å². The van der Waals surface area contributed by atoms with Crippen LogP contribution >= 0.6 is 0 Å². The number of nitrogens with zero attached hydrogens (tertiary/aromatic N) is 3. The second-order valence-electron chi connectivity index (χ2n) is 12.8. The van der Waals surface area contributed by atoms with E-state index >= 15 is 0 Å². The van der Waals surface area contributed by atoms with Crippen molar-refractivity contribution in [2.45, 2.75) is 44.4 Å². The number of fused-ring (bicyclic) bond motifs is 4. The largest absolute Gasteiger partial charge is 0.508 e. The third-order valence-electron chi connectivity index (χ3n) is 9.83. The van der Waals surface area contributed by atoms with Crippen LogP contribution in [0.3, 0.4) is 0 Å². The SMILES string of the molecule is C#Cc1c(F)ccc2cc(O)cc(-c3oc(=O)c4c(NCc5c[nH]c6cc(F)ccc56)nc(OC[C@@]56CCCN5C[C@H](F)C6)nc4c3C)c12. The number of terminal acetylenes is 1. The number of nitrogens with one attached hydrogen (secondary N) is 2. The van der Waals surface area contributed by atoms with E-state index < -0.39 is 23.2 Å². The van der Waals surface area contributed by atoms with E-state index in [-0.39, 0.29) is 69.7 Å². The number of rotatable bonds is 7. The van der Waals surface area contributed by atoms with E-state index in [1.165, 1.54) is 36.4 Å². The summed E-state index contributed by atoms with van der Waals surface area (Å²) in [5.41, 5.74) is 0.873. The molecule has 2 fully saturated rings. The smallest absolute Gasteiger partial charge is 0.349 e. The Kier molecular flexibility index (Phi) is 7.26. The number of aromatic amines is 1. The zero-order valence-corrected chi connectivity index (χ0v) is 26.4. The maximum atomic E-state index is 14.9. The Morgan fingerprint density at radius 1 is 1.20 bits per heavy atom. The van der Waals surface area contributed by atoms with Crippen LogP contribution < -0.4 is 15.7 Å². The molecule has 3 aromatic heterocycles. The highest BCUT2D eigenvalue weighted by Crippen LogP contribution is 2.41. The fraction of sp³-hybridized carbons (Fsp3) is 0.270. The van der Waals surface area contributed by atoms with Gasteiger partial charge in [-0.3, -0.25) is 4.90 Å². The molecule has 2 saturated heterocycles. The molecule has 2 aliphatic rings. The van der Waals surface area contributed by atoms with Gasteiger partial charge in [0.25, 0.3) is 0 Å². The van der Waals surface area contributed by atoms with E-state index in [4.69, 9.17) is 15.6 Å². The van der Waals surface area contributed by atoms with Crippen LogP contribution in [0.25, 0.3) is 43.9 Å². The number of halogens is 3. The normalized spacial score (nSPS) is 19.1. The number of hydrogen-bond donors (Lipinski definition) is 3. The van der Waals surface area contributed by atoms with Gasteiger partial charge in [-0.2, -0.15) is 9.97 Å². The van der Waals surface area contributed by atoms with Crippen LogP contribution in [-0.4, -0.2) is 56.4 Å². The molecule has 0 spiro atoms. The monoisotopic (exact) mass is 665 g/mol. The zero-order valence-electron chi connectivity index (χ0n) is 26.4. The van der Waals surface area contributed by atoms with Gasteiger partial charge >= 0.3 is 11.6 Å². The number of alkyl halides is 1. The third kappa shape index (κ3) is 5.12. The molecule has 9 nitrogen and oxygen atoms in total. The molecule has 12 heteroatoms. The lowest BCUT2D eigenvalue weighted by atomic mass is 9.95. The summed E-state index contributed by atoms with van der Waals surface area (Å²) in [5.74, 6) is 1.38. The number of hydrogen-bond acceptors (Lipinski definition) is 8. The van der Waals surface area contributed by atoms with E-state index in [1.807, 2.05) is 0 Å². The molecule has 0 saturated carbocycles. The van der Waals surface area contributed by atoms with Crippen molar-refractivity contribution < 1.29 is 27.4 Å². The van der Waals surface area contributed by atoms with Crippen LogP contribution in [0.1, 0.15) is 36.0 Å². The van der Waals surface area contributed by atoms with Crippen molar-refractivity contribution in [3.05, 3.63) is 87.4 Å². The lowest BCUT2D eigenvalue weighted by Gasteiger charge is -2.30. The van der Waals surface area contributed by atoms with E-state index in [0.29, 0.717) is 29.4 Å². The summed E-state index contributed by atoms with van der Waals surface area (Å²) in [6, 6.07) is 9.88. The Bertz CT molecular complexity index is 2420. The van der Waals surface area contributed by atoms with Gasteiger partial charge in [-0.1, -0.05) is 12.0 Å². The van der Waals surface area contributed by atoms with Crippen molar-refractivity contribution in [3.63, 3.8) is 0 Å². The second kappa shape index (κ2) is 11.6. The molecule has 2 atom stereocenters. The highest BCUT2D eigenvalue weighted by molar-refractivity contribution is 6.03. The minimum atomic E-state index is -0.951. The van der Waals surface area contributed by atoms with Gasteiger partial charge < -0.3 is 24.6 Å². The van der Waals surface area contributed by atoms with E-state index in [2.05, 4.69) is 31.1 Å². The Morgan fingerprint density at radius 2 is 2.06 bits per heavy atom. The van der Waals surface area contributed by atoms with E-state index in [1.54, 1.807) is 19.2 Å². The first-order chi connectivity index (χ1) is 23.6. The number of ether oxygens (including phenoxy) is 1. The van der Waals surface area contributed by atoms with Crippen LogP contribution in [0.4, 0.5) is 19.0 Å². The Hall–Kier alpha value is -5.54. The summed E-state index contributed by atoms with van der Waals surface area (Å²) >= 11 is 0. The maximum Gasteiger partial charge on any atom is 0.349 e. The summed E-state index contributed by atoms with van der Waals surface area (Å²) < 4.78 is 55.4.